The number of rotatable bonds is 59. The van der Waals surface area contributed by atoms with Gasteiger partial charge in [-0.3, -0.25) is 14.4 Å². The summed E-state index contributed by atoms with van der Waals surface area (Å²) in [5, 5.41) is 0. The molecule has 1 unspecified atom stereocenters. The molecule has 0 aliphatic heterocycles. The van der Waals surface area contributed by atoms with Gasteiger partial charge in [-0.05, 0) is 128 Å². The van der Waals surface area contributed by atoms with Crippen molar-refractivity contribution in [2.24, 2.45) is 0 Å². The SMILES string of the molecule is CC/C=C\C/C=C\C/C=C\C/C=C\C/C=C\C/C=C\C/C=C\CCCCCCCCCCCCCCCC(=O)OCC(COC(=O)CCCCCCC/C=C\CCCC)OC(=O)CCCCCCC/C=C\C/C=C\CCCCC. The maximum atomic E-state index is 12.9. The van der Waals surface area contributed by atoms with Crippen molar-refractivity contribution >= 4 is 17.9 Å². The average molecular weight is 1100 g/mol. The Kier molecular flexibility index (Phi) is 62.8. The van der Waals surface area contributed by atoms with E-state index in [1.807, 2.05) is 0 Å². The van der Waals surface area contributed by atoms with Gasteiger partial charge >= 0.3 is 17.9 Å². The van der Waals surface area contributed by atoms with Gasteiger partial charge in [0.2, 0.25) is 0 Å². The number of hydrogen-bond acceptors (Lipinski definition) is 6. The summed E-state index contributed by atoms with van der Waals surface area (Å²) in [6.07, 6.45) is 92.2. The molecule has 0 N–H and O–H groups in total. The van der Waals surface area contributed by atoms with Gasteiger partial charge in [0.25, 0.3) is 0 Å². The Labute approximate surface area is 488 Å². The summed E-state index contributed by atoms with van der Waals surface area (Å²) in [6.45, 7) is 6.45. The van der Waals surface area contributed by atoms with Crippen molar-refractivity contribution in [2.75, 3.05) is 13.2 Å². The van der Waals surface area contributed by atoms with Crippen molar-refractivity contribution in [3.8, 4) is 0 Å². The zero-order chi connectivity index (χ0) is 57.1. The van der Waals surface area contributed by atoms with Crippen LogP contribution in [0.1, 0.15) is 303 Å². The molecule has 0 saturated heterocycles. The molecule has 6 heteroatoms. The third-order valence-electron chi connectivity index (χ3n) is 13.9. The summed E-state index contributed by atoms with van der Waals surface area (Å²) in [6, 6.07) is 0. The summed E-state index contributed by atoms with van der Waals surface area (Å²) in [5.74, 6) is -0.907. The van der Waals surface area contributed by atoms with Gasteiger partial charge < -0.3 is 14.2 Å². The van der Waals surface area contributed by atoms with Gasteiger partial charge in [0.05, 0.1) is 0 Å². The van der Waals surface area contributed by atoms with Crippen molar-refractivity contribution in [1.82, 2.24) is 0 Å². The highest BCUT2D eigenvalue weighted by atomic mass is 16.6. The summed E-state index contributed by atoms with van der Waals surface area (Å²) in [5.41, 5.74) is 0. The smallest absolute Gasteiger partial charge is 0.306 e. The molecule has 1 atom stereocenters. The number of allylic oxidation sites excluding steroid dienone is 20. The predicted octanol–water partition coefficient (Wildman–Crippen LogP) is 22.8. The zero-order valence-electron chi connectivity index (χ0n) is 51.6. The summed E-state index contributed by atoms with van der Waals surface area (Å²) in [4.78, 5) is 38.2. The van der Waals surface area contributed by atoms with E-state index in [1.165, 1.54) is 128 Å². The number of esters is 3. The third-order valence-corrected chi connectivity index (χ3v) is 13.9. The molecule has 0 spiro atoms. The van der Waals surface area contributed by atoms with Crippen LogP contribution >= 0.6 is 0 Å². The van der Waals surface area contributed by atoms with Crippen molar-refractivity contribution in [1.29, 1.82) is 0 Å². The Bertz CT molecular complexity index is 1640. The first-order valence-electron chi connectivity index (χ1n) is 33.0. The van der Waals surface area contributed by atoms with E-state index in [-0.39, 0.29) is 31.1 Å². The minimum Gasteiger partial charge on any atom is -0.462 e. The lowest BCUT2D eigenvalue weighted by atomic mass is 10.0. The molecule has 0 aliphatic carbocycles. The van der Waals surface area contributed by atoms with Gasteiger partial charge in [-0.15, -0.1) is 0 Å². The number of ether oxygens (including phenoxy) is 3. The molecule has 450 valence electrons. The Morgan fingerprint density at radius 2 is 0.506 bits per heavy atom. The zero-order valence-corrected chi connectivity index (χ0v) is 51.6. The summed E-state index contributed by atoms with van der Waals surface area (Å²) in [7, 11) is 0. The molecule has 0 rings (SSSR count). The normalized spacial score (nSPS) is 12.9. The van der Waals surface area contributed by atoms with Gasteiger partial charge in [-0.2, -0.15) is 0 Å². The maximum Gasteiger partial charge on any atom is 0.306 e. The lowest BCUT2D eigenvalue weighted by molar-refractivity contribution is -0.167. The fourth-order valence-corrected chi connectivity index (χ4v) is 8.96. The first-order valence-corrected chi connectivity index (χ1v) is 33.0. The second-order valence-electron chi connectivity index (χ2n) is 21.6. The molecule has 0 aliphatic rings. The highest BCUT2D eigenvalue weighted by Gasteiger charge is 2.19. The number of unbranched alkanes of at least 4 members (excludes halogenated alkanes) is 28. The molecule has 0 aromatic carbocycles. The monoisotopic (exact) mass is 1090 g/mol. The first-order chi connectivity index (χ1) is 39.0. The highest BCUT2D eigenvalue weighted by Crippen LogP contribution is 2.16. The fraction of sp³-hybridized carbons (Fsp3) is 0.685. The molecule has 0 saturated carbocycles. The quantitative estimate of drug-likeness (QED) is 0.0261. The Morgan fingerprint density at radius 3 is 0.823 bits per heavy atom. The number of carbonyl (C=O) groups is 3. The van der Waals surface area contributed by atoms with Crippen LogP contribution in [0.25, 0.3) is 0 Å². The van der Waals surface area contributed by atoms with Crippen molar-refractivity contribution in [3.63, 3.8) is 0 Å². The molecule has 0 amide bonds. The van der Waals surface area contributed by atoms with Crippen LogP contribution in [0.2, 0.25) is 0 Å². The maximum absolute atomic E-state index is 12.9. The standard InChI is InChI=1S/C73H122O6/c1-4-7-10-13-16-19-22-24-26-27-28-29-30-31-32-33-34-35-36-37-38-39-40-41-42-43-44-45-47-48-51-54-57-60-63-66-72(75)78-69-70(68-77-71(74)65-62-59-56-53-50-21-18-15-12-9-6-3)79-73(76)67-64-61-58-55-52-49-46-25-23-20-17-14-11-8-5-2/h7,10,15-20,24-26,28-29,31-32,34-35,37-38,46,70H,4-6,8-9,11-14,21-23,27,30,33,36,39-45,47-69H2,1-3H3/b10-7-,18-15-,19-16-,20-17-,26-24-,29-28-,32-31-,35-34-,38-37-,46-25-. The Morgan fingerprint density at radius 1 is 0.266 bits per heavy atom. The topological polar surface area (TPSA) is 78.9 Å². The predicted molar refractivity (Wildman–Crippen MR) is 343 cm³/mol. The van der Waals surface area contributed by atoms with Gasteiger partial charge in [0, 0.05) is 19.3 Å². The van der Waals surface area contributed by atoms with Gasteiger partial charge in [0.15, 0.2) is 6.10 Å². The second kappa shape index (κ2) is 66.3. The van der Waals surface area contributed by atoms with E-state index >= 15 is 0 Å². The van der Waals surface area contributed by atoms with E-state index in [9.17, 15) is 14.4 Å². The molecule has 79 heavy (non-hydrogen) atoms. The van der Waals surface area contributed by atoms with Crippen molar-refractivity contribution in [2.45, 2.75) is 309 Å². The molecule has 0 fully saturated rings. The van der Waals surface area contributed by atoms with Crippen LogP contribution in [-0.4, -0.2) is 37.2 Å². The molecule has 0 heterocycles. The van der Waals surface area contributed by atoms with Gasteiger partial charge in [0.1, 0.15) is 13.2 Å². The van der Waals surface area contributed by atoms with Crippen LogP contribution in [-0.2, 0) is 28.6 Å². The minimum absolute atomic E-state index is 0.0867. The van der Waals surface area contributed by atoms with Crippen LogP contribution < -0.4 is 0 Å². The van der Waals surface area contributed by atoms with E-state index in [1.54, 1.807) is 0 Å². The summed E-state index contributed by atoms with van der Waals surface area (Å²) >= 11 is 0. The van der Waals surface area contributed by atoms with Gasteiger partial charge in [-0.25, -0.2) is 0 Å². The Hall–Kier alpha value is -4.19. The second-order valence-corrected chi connectivity index (χ2v) is 21.6. The van der Waals surface area contributed by atoms with E-state index < -0.39 is 6.10 Å². The fourth-order valence-electron chi connectivity index (χ4n) is 8.96. The lowest BCUT2D eigenvalue weighted by Gasteiger charge is -2.18. The molecular formula is C73H122O6. The van der Waals surface area contributed by atoms with Crippen LogP contribution in [0.4, 0.5) is 0 Å². The Balaban J connectivity index is 4.16. The van der Waals surface area contributed by atoms with Crippen molar-refractivity contribution < 1.29 is 28.6 Å². The van der Waals surface area contributed by atoms with E-state index in [0.717, 1.165) is 135 Å². The third kappa shape index (κ3) is 64.5. The lowest BCUT2D eigenvalue weighted by Crippen LogP contribution is -2.30. The van der Waals surface area contributed by atoms with Crippen LogP contribution in [0.3, 0.4) is 0 Å². The molecule has 0 radical (unpaired) electrons. The number of hydrogen-bond donors (Lipinski definition) is 0. The van der Waals surface area contributed by atoms with E-state index in [4.69, 9.17) is 14.2 Å². The number of carbonyl (C=O) groups excluding carboxylic acids is 3. The molecular weight excluding hydrogens is 973 g/mol. The minimum atomic E-state index is -0.790. The van der Waals surface area contributed by atoms with Crippen LogP contribution in [0, 0.1) is 0 Å². The van der Waals surface area contributed by atoms with E-state index in [0.29, 0.717) is 19.3 Å². The van der Waals surface area contributed by atoms with Crippen LogP contribution in [0.5, 0.6) is 0 Å². The molecule has 0 aromatic rings. The largest absolute Gasteiger partial charge is 0.462 e. The first kappa shape index (κ1) is 74.8. The highest BCUT2D eigenvalue weighted by molar-refractivity contribution is 5.71. The van der Waals surface area contributed by atoms with Crippen molar-refractivity contribution in [3.05, 3.63) is 122 Å². The van der Waals surface area contributed by atoms with E-state index in [2.05, 4.69) is 142 Å². The van der Waals surface area contributed by atoms with Crippen LogP contribution in [0.15, 0.2) is 122 Å². The van der Waals surface area contributed by atoms with Gasteiger partial charge in [-0.1, -0.05) is 277 Å². The molecule has 0 aromatic heterocycles. The molecule has 0 bridgehead atoms. The summed E-state index contributed by atoms with van der Waals surface area (Å²) < 4.78 is 16.9. The molecule has 6 nitrogen and oxygen atoms in total. The average Bonchev–Trinajstić information content (AvgIpc) is 3.45.